The molecule has 0 aliphatic carbocycles. The SMILES string of the molecule is O=C(NO)c1cnc(N2CC3(CN(Cc4cc5ccccc5o4)C3)C2)nc1. The third-order valence-corrected chi connectivity index (χ3v) is 5.31. The van der Waals surface area contributed by atoms with Gasteiger partial charge in [0.2, 0.25) is 5.95 Å². The van der Waals surface area contributed by atoms with Crippen LogP contribution in [0.25, 0.3) is 11.0 Å². The van der Waals surface area contributed by atoms with E-state index in [2.05, 4.69) is 31.9 Å². The van der Waals surface area contributed by atoms with Gasteiger partial charge in [-0.3, -0.25) is 14.9 Å². The number of carbonyl (C=O) groups is 1. The molecule has 1 aromatic carbocycles. The van der Waals surface area contributed by atoms with Crippen LogP contribution in [0.2, 0.25) is 0 Å². The standard InChI is InChI=1S/C19H19N5O3/c25-17(22-26)14-6-20-18(21-7-14)24-11-19(12-24)9-23(10-19)8-15-5-13-3-1-2-4-16(13)27-15/h1-7,26H,8-12H2,(H,22,25). The Bertz CT molecular complexity index is 953. The van der Waals surface area contributed by atoms with Crippen LogP contribution in [-0.2, 0) is 6.54 Å². The highest BCUT2D eigenvalue weighted by molar-refractivity contribution is 5.92. The number of hydrogen-bond donors (Lipinski definition) is 2. The van der Waals surface area contributed by atoms with Gasteiger partial charge in [0.05, 0.1) is 12.1 Å². The molecule has 2 fully saturated rings. The summed E-state index contributed by atoms with van der Waals surface area (Å²) in [6.45, 7) is 4.72. The van der Waals surface area contributed by atoms with E-state index < -0.39 is 5.91 Å². The first-order chi connectivity index (χ1) is 13.1. The Morgan fingerprint density at radius 2 is 1.93 bits per heavy atom. The highest BCUT2D eigenvalue weighted by atomic mass is 16.5. The summed E-state index contributed by atoms with van der Waals surface area (Å²) in [5.41, 5.74) is 3.05. The summed E-state index contributed by atoms with van der Waals surface area (Å²) in [7, 11) is 0. The highest BCUT2D eigenvalue weighted by Gasteiger charge is 2.52. The van der Waals surface area contributed by atoms with Gasteiger partial charge in [-0.15, -0.1) is 0 Å². The van der Waals surface area contributed by atoms with Crippen molar-refractivity contribution in [2.45, 2.75) is 6.54 Å². The number of hydrogen-bond acceptors (Lipinski definition) is 7. The summed E-state index contributed by atoms with van der Waals surface area (Å²) in [5.74, 6) is 1.01. The average molecular weight is 365 g/mol. The number of amides is 1. The van der Waals surface area contributed by atoms with E-state index in [1.54, 1.807) is 5.48 Å². The summed E-state index contributed by atoms with van der Waals surface area (Å²) in [5, 5.41) is 9.77. The molecule has 0 bridgehead atoms. The van der Waals surface area contributed by atoms with Crippen LogP contribution in [0.4, 0.5) is 5.95 Å². The molecule has 138 valence electrons. The number of carbonyl (C=O) groups excluding carboxylic acids is 1. The van der Waals surface area contributed by atoms with Gasteiger partial charge < -0.3 is 9.32 Å². The van der Waals surface area contributed by atoms with Crippen molar-refractivity contribution in [3.05, 3.63) is 54.0 Å². The van der Waals surface area contributed by atoms with Crippen LogP contribution >= 0.6 is 0 Å². The number of nitrogens with zero attached hydrogens (tertiary/aromatic N) is 4. The fourth-order valence-electron chi connectivity index (χ4n) is 4.12. The minimum atomic E-state index is -0.609. The predicted octanol–water partition coefficient (Wildman–Crippen LogP) is 1.66. The Morgan fingerprint density at radius 1 is 1.19 bits per heavy atom. The number of aromatic nitrogens is 2. The number of hydroxylamine groups is 1. The monoisotopic (exact) mass is 365 g/mol. The molecule has 2 aliphatic rings. The lowest BCUT2D eigenvalue weighted by molar-refractivity contribution is -0.0312. The predicted molar refractivity (Wildman–Crippen MR) is 97.4 cm³/mol. The maximum absolute atomic E-state index is 11.3. The van der Waals surface area contributed by atoms with Crippen LogP contribution in [0.15, 0.2) is 47.1 Å². The third-order valence-electron chi connectivity index (χ3n) is 5.31. The van der Waals surface area contributed by atoms with Crippen LogP contribution in [0, 0.1) is 5.41 Å². The number of furan rings is 1. The molecule has 2 N–H and O–H groups in total. The topological polar surface area (TPSA) is 94.7 Å². The Kier molecular flexibility index (Phi) is 3.63. The maximum Gasteiger partial charge on any atom is 0.277 e. The molecule has 8 heteroatoms. The van der Waals surface area contributed by atoms with E-state index in [0.717, 1.165) is 49.5 Å². The molecule has 5 rings (SSSR count). The van der Waals surface area contributed by atoms with Crippen molar-refractivity contribution in [3.63, 3.8) is 0 Å². The second kappa shape index (κ2) is 6.04. The van der Waals surface area contributed by atoms with E-state index in [-0.39, 0.29) is 5.56 Å². The quantitative estimate of drug-likeness (QED) is 0.536. The molecule has 3 aromatic rings. The van der Waals surface area contributed by atoms with E-state index >= 15 is 0 Å². The van der Waals surface area contributed by atoms with E-state index in [0.29, 0.717) is 11.4 Å². The lowest BCUT2D eigenvalue weighted by Crippen LogP contribution is -2.72. The first-order valence-corrected chi connectivity index (χ1v) is 8.85. The molecule has 4 heterocycles. The highest BCUT2D eigenvalue weighted by Crippen LogP contribution is 2.41. The smallest absolute Gasteiger partial charge is 0.277 e. The second-order valence-corrected chi connectivity index (χ2v) is 7.46. The minimum Gasteiger partial charge on any atom is -0.460 e. The molecule has 0 radical (unpaired) electrons. The minimum absolute atomic E-state index is 0.233. The van der Waals surface area contributed by atoms with Crippen LogP contribution in [0.1, 0.15) is 16.1 Å². The summed E-state index contributed by atoms with van der Waals surface area (Å²) in [6.07, 6.45) is 2.85. The Hall–Kier alpha value is -2.97. The first-order valence-electron chi connectivity index (χ1n) is 8.85. The number of nitrogens with one attached hydrogen (secondary N) is 1. The van der Waals surface area contributed by atoms with Crippen molar-refractivity contribution < 1.29 is 14.4 Å². The fraction of sp³-hybridized carbons (Fsp3) is 0.316. The maximum atomic E-state index is 11.3. The van der Waals surface area contributed by atoms with Gasteiger partial charge in [0.15, 0.2) is 0 Å². The molecule has 0 saturated carbocycles. The summed E-state index contributed by atoms with van der Waals surface area (Å²) in [6, 6.07) is 10.2. The van der Waals surface area contributed by atoms with Crippen LogP contribution in [0.3, 0.4) is 0 Å². The number of benzene rings is 1. The normalized spacial score (nSPS) is 18.3. The van der Waals surface area contributed by atoms with Crippen molar-refractivity contribution in [2.24, 2.45) is 5.41 Å². The van der Waals surface area contributed by atoms with E-state index in [4.69, 9.17) is 9.62 Å². The van der Waals surface area contributed by atoms with E-state index in [1.165, 1.54) is 12.4 Å². The van der Waals surface area contributed by atoms with Gasteiger partial charge in [0.1, 0.15) is 11.3 Å². The number of likely N-dealkylation sites (tertiary alicyclic amines) is 1. The summed E-state index contributed by atoms with van der Waals surface area (Å²) >= 11 is 0. The second-order valence-electron chi connectivity index (χ2n) is 7.46. The molecular weight excluding hydrogens is 346 g/mol. The molecular formula is C19H19N5O3. The fourth-order valence-corrected chi connectivity index (χ4v) is 4.12. The lowest BCUT2D eigenvalue weighted by atomic mass is 9.73. The molecule has 8 nitrogen and oxygen atoms in total. The van der Waals surface area contributed by atoms with Gasteiger partial charge in [0.25, 0.3) is 5.91 Å². The van der Waals surface area contributed by atoms with Gasteiger partial charge in [-0.05, 0) is 12.1 Å². The lowest BCUT2D eigenvalue weighted by Gasteiger charge is -2.60. The van der Waals surface area contributed by atoms with Crippen molar-refractivity contribution in [1.82, 2.24) is 20.3 Å². The number of fused-ring (bicyclic) bond motifs is 1. The zero-order valence-electron chi connectivity index (χ0n) is 14.6. The first kappa shape index (κ1) is 16.2. The van der Waals surface area contributed by atoms with Crippen molar-refractivity contribution in [1.29, 1.82) is 0 Å². The molecule has 2 saturated heterocycles. The van der Waals surface area contributed by atoms with Gasteiger partial charge in [-0.2, -0.15) is 0 Å². The summed E-state index contributed by atoms with van der Waals surface area (Å²) in [4.78, 5) is 24.3. The zero-order valence-corrected chi connectivity index (χ0v) is 14.6. The summed E-state index contributed by atoms with van der Waals surface area (Å²) < 4.78 is 5.90. The molecule has 1 amide bonds. The largest absolute Gasteiger partial charge is 0.460 e. The molecule has 0 atom stereocenters. The van der Waals surface area contributed by atoms with E-state index in [1.807, 2.05) is 18.2 Å². The molecule has 1 spiro atoms. The molecule has 27 heavy (non-hydrogen) atoms. The molecule has 2 aromatic heterocycles. The number of anilines is 1. The Balaban J connectivity index is 1.16. The molecule has 2 aliphatic heterocycles. The van der Waals surface area contributed by atoms with Gasteiger partial charge in [0, 0.05) is 49.4 Å². The Labute approximate surface area is 155 Å². The third kappa shape index (κ3) is 2.83. The zero-order chi connectivity index (χ0) is 18.4. The van der Waals surface area contributed by atoms with Crippen molar-refractivity contribution >= 4 is 22.8 Å². The average Bonchev–Trinajstić information content (AvgIpc) is 3.04. The molecule has 0 unspecified atom stereocenters. The van der Waals surface area contributed by atoms with Crippen LogP contribution in [0.5, 0.6) is 0 Å². The van der Waals surface area contributed by atoms with Crippen molar-refractivity contribution in [3.8, 4) is 0 Å². The van der Waals surface area contributed by atoms with E-state index in [9.17, 15) is 4.79 Å². The number of para-hydroxylation sites is 1. The van der Waals surface area contributed by atoms with Gasteiger partial charge in [-0.25, -0.2) is 15.4 Å². The van der Waals surface area contributed by atoms with Gasteiger partial charge >= 0.3 is 0 Å². The van der Waals surface area contributed by atoms with Crippen LogP contribution in [-0.4, -0.2) is 52.2 Å². The van der Waals surface area contributed by atoms with Gasteiger partial charge in [-0.1, -0.05) is 18.2 Å². The Morgan fingerprint density at radius 3 is 2.63 bits per heavy atom. The number of rotatable bonds is 4. The van der Waals surface area contributed by atoms with Crippen LogP contribution < -0.4 is 10.4 Å². The van der Waals surface area contributed by atoms with Crippen molar-refractivity contribution in [2.75, 3.05) is 31.1 Å².